The van der Waals surface area contributed by atoms with Crippen LogP contribution in [-0.2, 0) is 0 Å². The van der Waals surface area contributed by atoms with Gasteiger partial charge in [0.2, 0.25) is 5.96 Å². The van der Waals surface area contributed by atoms with Crippen molar-refractivity contribution in [1.82, 2.24) is 4.90 Å². The summed E-state index contributed by atoms with van der Waals surface area (Å²) in [5, 5.41) is 4.02. The number of guanidine groups is 1. The first kappa shape index (κ1) is 33.9. The Labute approximate surface area is 248 Å². The maximum absolute atomic E-state index is 5.63. The molecule has 1 N–H and O–H groups in total. The molecule has 40 heavy (non-hydrogen) atoms. The number of unbranched alkanes of at least 4 members (excludes halogenated alkanes) is 6. The lowest BCUT2D eigenvalue weighted by Crippen LogP contribution is -2.38. The first-order valence-corrected chi connectivity index (χ1v) is 16.5. The third-order valence-corrected chi connectivity index (χ3v) is 8.03. The summed E-state index contributed by atoms with van der Waals surface area (Å²) in [6, 6.07) is 13.6. The molecular formula is C37H61N3. The molecule has 0 atom stereocenters. The minimum Gasteiger partial charge on any atom is -0.342 e. The van der Waals surface area contributed by atoms with E-state index in [0.29, 0.717) is 23.7 Å². The van der Waals surface area contributed by atoms with Crippen molar-refractivity contribution < 1.29 is 0 Å². The van der Waals surface area contributed by atoms with E-state index < -0.39 is 0 Å². The Morgan fingerprint density at radius 1 is 0.600 bits per heavy atom. The van der Waals surface area contributed by atoms with Crippen LogP contribution in [0.25, 0.3) is 0 Å². The Morgan fingerprint density at radius 3 is 1.38 bits per heavy atom. The zero-order valence-corrected chi connectivity index (χ0v) is 27.7. The van der Waals surface area contributed by atoms with Gasteiger partial charge in [0.15, 0.2) is 0 Å². The van der Waals surface area contributed by atoms with E-state index in [1.807, 2.05) is 0 Å². The van der Waals surface area contributed by atoms with Crippen molar-refractivity contribution in [1.29, 1.82) is 0 Å². The molecule has 224 valence electrons. The van der Waals surface area contributed by atoms with E-state index in [2.05, 4.69) is 116 Å². The van der Waals surface area contributed by atoms with Crippen LogP contribution < -0.4 is 5.32 Å². The van der Waals surface area contributed by atoms with E-state index in [1.54, 1.807) is 0 Å². The quantitative estimate of drug-likeness (QED) is 0.128. The lowest BCUT2D eigenvalue weighted by atomic mass is 9.92. The van der Waals surface area contributed by atoms with E-state index in [1.165, 1.54) is 79.3 Å². The second-order valence-corrected chi connectivity index (χ2v) is 12.9. The zero-order valence-electron chi connectivity index (χ0n) is 27.7. The molecule has 0 saturated carbocycles. The molecule has 0 aliphatic heterocycles. The average Bonchev–Trinajstić information content (AvgIpc) is 2.91. The lowest BCUT2D eigenvalue weighted by molar-refractivity contribution is 0.386. The van der Waals surface area contributed by atoms with Crippen molar-refractivity contribution in [2.45, 2.75) is 144 Å². The van der Waals surface area contributed by atoms with E-state index in [0.717, 1.165) is 24.7 Å². The standard InChI is InChI=1S/C37H61N3/c1-11-13-15-17-25-40(26-18-16-14-12-2)37(38-35-31(27(3)4)21-19-22-32(35)28(5)6)39-36-33(29(7)8)23-20-24-34(36)30(9)10/h19-24,27-30H,11-18,25-26H2,1-10H3,(H,38,39). The molecule has 0 unspecified atom stereocenters. The van der Waals surface area contributed by atoms with E-state index >= 15 is 0 Å². The Morgan fingerprint density at radius 2 is 1.00 bits per heavy atom. The molecule has 2 rings (SSSR count). The first-order valence-electron chi connectivity index (χ1n) is 16.5. The summed E-state index contributed by atoms with van der Waals surface area (Å²) in [5.74, 6) is 2.71. The highest BCUT2D eigenvalue weighted by molar-refractivity contribution is 5.97. The Kier molecular flexibility index (Phi) is 14.8. The molecule has 0 spiro atoms. The molecule has 0 bridgehead atoms. The maximum Gasteiger partial charge on any atom is 0.203 e. The molecule has 0 amide bonds. The van der Waals surface area contributed by atoms with Gasteiger partial charge in [0.05, 0.1) is 5.69 Å². The second-order valence-electron chi connectivity index (χ2n) is 12.9. The van der Waals surface area contributed by atoms with Crippen LogP contribution in [0.4, 0.5) is 11.4 Å². The fourth-order valence-corrected chi connectivity index (χ4v) is 5.51. The van der Waals surface area contributed by atoms with Crippen LogP contribution in [0.15, 0.2) is 41.4 Å². The van der Waals surface area contributed by atoms with Crippen molar-refractivity contribution in [2.75, 3.05) is 18.4 Å². The maximum atomic E-state index is 5.63. The predicted molar refractivity (Wildman–Crippen MR) is 180 cm³/mol. The second kappa shape index (κ2) is 17.5. The Hall–Kier alpha value is -2.29. The molecule has 0 radical (unpaired) electrons. The highest BCUT2D eigenvalue weighted by Gasteiger charge is 2.21. The summed E-state index contributed by atoms with van der Waals surface area (Å²) in [6.07, 6.45) is 10.1. The summed E-state index contributed by atoms with van der Waals surface area (Å²) in [4.78, 5) is 8.20. The van der Waals surface area contributed by atoms with Crippen LogP contribution in [0.5, 0.6) is 0 Å². The Balaban J connectivity index is 2.75. The number of hydrogen-bond acceptors (Lipinski definition) is 1. The smallest absolute Gasteiger partial charge is 0.203 e. The molecular weight excluding hydrogens is 486 g/mol. The fraction of sp³-hybridized carbons (Fsp3) is 0.649. The molecule has 2 aromatic rings. The third kappa shape index (κ3) is 9.96. The number of anilines is 1. The van der Waals surface area contributed by atoms with Gasteiger partial charge in [-0.3, -0.25) is 0 Å². The van der Waals surface area contributed by atoms with Crippen molar-refractivity contribution in [3.63, 3.8) is 0 Å². The molecule has 3 nitrogen and oxygen atoms in total. The first-order chi connectivity index (χ1) is 19.1. The number of benzene rings is 2. The predicted octanol–water partition coefficient (Wildman–Crippen LogP) is 11.7. The number of hydrogen-bond donors (Lipinski definition) is 1. The molecule has 0 heterocycles. The number of aliphatic imine (C=N–C) groups is 1. The van der Waals surface area contributed by atoms with Gasteiger partial charge in [0, 0.05) is 18.8 Å². The van der Waals surface area contributed by atoms with Gasteiger partial charge in [-0.25, -0.2) is 4.99 Å². The van der Waals surface area contributed by atoms with Gasteiger partial charge in [-0.1, -0.05) is 144 Å². The number of para-hydroxylation sites is 2. The van der Waals surface area contributed by atoms with Crippen LogP contribution >= 0.6 is 0 Å². The van der Waals surface area contributed by atoms with Crippen LogP contribution in [0, 0.1) is 0 Å². The lowest BCUT2D eigenvalue weighted by Gasteiger charge is -2.30. The topological polar surface area (TPSA) is 27.6 Å². The van der Waals surface area contributed by atoms with Crippen molar-refractivity contribution in [3.8, 4) is 0 Å². The van der Waals surface area contributed by atoms with Crippen molar-refractivity contribution >= 4 is 17.3 Å². The largest absolute Gasteiger partial charge is 0.342 e. The summed E-state index contributed by atoms with van der Waals surface area (Å²) >= 11 is 0. The van der Waals surface area contributed by atoms with Crippen molar-refractivity contribution in [3.05, 3.63) is 58.7 Å². The Bertz CT molecular complexity index is 967. The number of rotatable bonds is 16. The third-order valence-electron chi connectivity index (χ3n) is 8.03. The highest BCUT2D eigenvalue weighted by Crippen LogP contribution is 2.37. The van der Waals surface area contributed by atoms with Gasteiger partial charge in [-0.15, -0.1) is 0 Å². The molecule has 2 aromatic carbocycles. The van der Waals surface area contributed by atoms with E-state index in [-0.39, 0.29) is 0 Å². The molecule has 0 fully saturated rings. The average molecular weight is 548 g/mol. The molecule has 0 aliphatic rings. The zero-order chi connectivity index (χ0) is 29.7. The van der Waals surface area contributed by atoms with Crippen LogP contribution in [0.3, 0.4) is 0 Å². The van der Waals surface area contributed by atoms with Gasteiger partial charge >= 0.3 is 0 Å². The minimum absolute atomic E-state index is 0.412. The summed E-state index contributed by atoms with van der Waals surface area (Å²) in [5.41, 5.74) is 7.84. The minimum atomic E-state index is 0.412. The SMILES string of the molecule is CCCCCCN(CCCCCC)C(=Nc1c(C(C)C)cccc1C(C)C)Nc1c(C(C)C)cccc1C(C)C. The highest BCUT2D eigenvalue weighted by atomic mass is 15.3. The van der Waals surface area contributed by atoms with Gasteiger partial charge in [-0.05, 0) is 58.8 Å². The molecule has 3 heteroatoms. The fourth-order valence-electron chi connectivity index (χ4n) is 5.51. The van der Waals surface area contributed by atoms with Crippen LogP contribution in [0.1, 0.15) is 167 Å². The summed E-state index contributed by atoms with van der Waals surface area (Å²) in [6.45, 7) is 25.1. The molecule has 0 aliphatic carbocycles. The summed E-state index contributed by atoms with van der Waals surface area (Å²) < 4.78 is 0. The number of nitrogens with one attached hydrogen (secondary N) is 1. The van der Waals surface area contributed by atoms with Gasteiger partial charge in [-0.2, -0.15) is 0 Å². The molecule has 0 aromatic heterocycles. The number of nitrogens with zero attached hydrogens (tertiary/aromatic N) is 2. The molecule has 0 saturated heterocycles. The summed E-state index contributed by atoms with van der Waals surface area (Å²) in [7, 11) is 0. The normalized spacial score (nSPS) is 12.3. The van der Waals surface area contributed by atoms with Gasteiger partial charge in [0.1, 0.15) is 0 Å². The van der Waals surface area contributed by atoms with Gasteiger partial charge < -0.3 is 10.2 Å². The van der Waals surface area contributed by atoms with Gasteiger partial charge in [0.25, 0.3) is 0 Å². The van der Waals surface area contributed by atoms with Crippen molar-refractivity contribution in [2.24, 2.45) is 4.99 Å². The monoisotopic (exact) mass is 547 g/mol. The van der Waals surface area contributed by atoms with Crippen LogP contribution in [0.2, 0.25) is 0 Å². The van der Waals surface area contributed by atoms with E-state index in [4.69, 9.17) is 4.99 Å². The van der Waals surface area contributed by atoms with E-state index in [9.17, 15) is 0 Å². The van der Waals surface area contributed by atoms with Crippen LogP contribution in [-0.4, -0.2) is 23.9 Å².